The molecule has 7 heteroatoms. The number of amides is 3. The van der Waals surface area contributed by atoms with E-state index in [9.17, 15) is 14.4 Å². The zero-order chi connectivity index (χ0) is 20.6. The maximum atomic E-state index is 12.3. The first-order valence-corrected chi connectivity index (χ1v) is 9.66. The van der Waals surface area contributed by atoms with Crippen LogP contribution in [-0.2, 0) is 16.0 Å². The van der Waals surface area contributed by atoms with Gasteiger partial charge in [-0.3, -0.25) is 14.4 Å². The van der Waals surface area contributed by atoms with E-state index in [1.54, 1.807) is 24.3 Å². The van der Waals surface area contributed by atoms with E-state index in [2.05, 4.69) is 16.0 Å². The molecule has 7 nitrogen and oxygen atoms in total. The van der Waals surface area contributed by atoms with Gasteiger partial charge in [0, 0.05) is 30.8 Å². The number of rotatable bonds is 9. The molecule has 0 aromatic heterocycles. The predicted molar refractivity (Wildman–Crippen MR) is 110 cm³/mol. The van der Waals surface area contributed by atoms with E-state index in [4.69, 9.17) is 4.74 Å². The third-order valence-corrected chi connectivity index (χ3v) is 4.38. The molecule has 3 amide bonds. The molecule has 0 aliphatic heterocycles. The molecule has 0 atom stereocenters. The number of nitrogens with one attached hydrogen (secondary N) is 3. The van der Waals surface area contributed by atoms with Crippen LogP contribution in [0, 0.1) is 0 Å². The van der Waals surface area contributed by atoms with Crippen LogP contribution in [0.5, 0.6) is 5.75 Å². The zero-order valence-corrected chi connectivity index (χ0v) is 16.4. The predicted octanol–water partition coefficient (Wildman–Crippen LogP) is 2.27. The molecule has 2 aromatic carbocycles. The second-order valence-electron chi connectivity index (χ2n) is 7.04. The lowest BCUT2D eigenvalue weighted by Gasteiger charge is -2.09. The number of hydrogen-bond donors (Lipinski definition) is 3. The summed E-state index contributed by atoms with van der Waals surface area (Å²) in [4.78, 5) is 35.0. The summed E-state index contributed by atoms with van der Waals surface area (Å²) in [6.07, 6.45) is 2.77. The van der Waals surface area contributed by atoms with Crippen molar-refractivity contribution in [2.24, 2.45) is 0 Å². The SMILES string of the molecule is CC(=O)Nc1cccc(C(=O)NCCc2ccc(OCC(=O)NC3CC3)cc2)c1. The van der Waals surface area contributed by atoms with Crippen LogP contribution in [0.3, 0.4) is 0 Å². The Hall–Kier alpha value is -3.35. The Morgan fingerprint density at radius 3 is 2.52 bits per heavy atom. The minimum Gasteiger partial charge on any atom is -0.484 e. The highest BCUT2D eigenvalue weighted by atomic mass is 16.5. The Morgan fingerprint density at radius 2 is 1.83 bits per heavy atom. The number of hydrogen-bond acceptors (Lipinski definition) is 4. The molecule has 1 fully saturated rings. The Balaban J connectivity index is 1.41. The maximum Gasteiger partial charge on any atom is 0.258 e. The van der Waals surface area contributed by atoms with Crippen molar-refractivity contribution in [3.05, 3.63) is 59.7 Å². The third kappa shape index (κ3) is 6.95. The fraction of sp³-hybridized carbons (Fsp3) is 0.318. The van der Waals surface area contributed by atoms with Crippen LogP contribution in [0.4, 0.5) is 5.69 Å². The van der Waals surface area contributed by atoms with Crippen molar-refractivity contribution >= 4 is 23.4 Å². The molecular formula is C22H25N3O4. The van der Waals surface area contributed by atoms with Crippen molar-refractivity contribution < 1.29 is 19.1 Å². The van der Waals surface area contributed by atoms with Gasteiger partial charge in [-0.2, -0.15) is 0 Å². The van der Waals surface area contributed by atoms with E-state index in [1.165, 1.54) is 6.92 Å². The van der Waals surface area contributed by atoms with E-state index < -0.39 is 0 Å². The van der Waals surface area contributed by atoms with Crippen molar-refractivity contribution in [1.82, 2.24) is 10.6 Å². The van der Waals surface area contributed by atoms with Crippen LogP contribution in [0.2, 0.25) is 0 Å². The molecular weight excluding hydrogens is 370 g/mol. The molecule has 0 saturated heterocycles. The smallest absolute Gasteiger partial charge is 0.258 e. The number of carbonyl (C=O) groups excluding carboxylic acids is 3. The first-order chi connectivity index (χ1) is 14.0. The number of anilines is 1. The first kappa shape index (κ1) is 20.4. The minimum absolute atomic E-state index is 0.0173. The molecule has 0 unspecified atom stereocenters. The van der Waals surface area contributed by atoms with E-state index in [1.807, 2.05) is 24.3 Å². The van der Waals surface area contributed by atoms with Gasteiger partial charge in [-0.15, -0.1) is 0 Å². The second kappa shape index (κ2) is 9.73. The fourth-order valence-corrected chi connectivity index (χ4v) is 2.76. The van der Waals surface area contributed by atoms with Gasteiger partial charge in [0.2, 0.25) is 5.91 Å². The van der Waals surface area contributed by atoms with Gasteiger partial charge in [0.1, 0.15) is 5.75 Å². The second-order valence-corrected chi connectivity index (χ2v) is 7.04. The number of benzene rings is 2. The van der Waals surface area contributed by atoms with Crippen molar-refractivity contribution in [3.63, 3.8) is 0 Å². The summed E-state index contributed by atoms with van der Waals surface area (Å²) in [6, 6.07) is 14.6. The largest absolute Gasteiger partial charge is 0.484 e. The highest BCUT2D eigenvalue weighted by Crippen LogP contribution is 2.18. The van der Waals surface area contributed by atoms with Gasteiger partial charge in [-0.1, -0.05) is 18.2 Å². The van der Waals surface area contributed by atoms with E-state index in [0.29, 0.717) is 36.0 Å². The Kier molecular flexibility index (Phi) is 6.84. The van der Waals surface area contributed by atoms with Crippen LogP contribution in [0.15, 0.2) is 48.5 Å². The fourth-order valence-electron chi connectivity index (χ4n) is 2.76. The van der Waals surface area contributed by atoms with E-state index in [-0.39, 0.29) is 24.3 Å². The quantitative estimate of drug-likeness (QED) is 0.607. The third-order valence-electron chi connectivity index (χ3n) is 4.38. The summed E-state index contributed by atoms with van der Waals surface area (Å²) >= 11 is 0. The normalized spacial score (nSPS) is 12.7. The van der Waals surface area contributed by atoms with Gasteiger partial charge in [0.25, 0.3) is 11.8 Å². The molecule has 2 aromatic rings. The number of ether oxygens (including phenoxy) is 1. The first-order valence-electron chi connectivity index (χ1n) is 9.66. The lowest BCUT2D eigenvalue weighted by Crippen LogP contribution is -2.30. The molecule has 3 rings (SSSR count). The summed E-state index contributed by atoms with van der Waals surface area (Å²) in [6.45, 7) is 1.92. The topological polar surface area (TPSA) is 96.5 Å². The van der Waals surface area contributed by atoms with Crippen LogP contribution >= 0.6 is 0 Å². The summed E-state index contributed by atoms with van der Waals surface area (Å²) in [5.74, 6) is 0.165. The lowest BCUT2D eigenvalue weighted by atomic mass is 10.1. The Morgan fingerprint density at radius 1 is 1.07 bits per heavy atom. The monoisotopic (exact) mass is 395 g/mol. The average Bonchev–Trinajstić information content (AvgIpc) is 3.51. The summed E-state index contributed by atoms with van der Waals surface area (Å²) in [5.41, 5.74) is 2.13. The van der Waals surface area contributed by atoms with Crippen LogP contribution < -0.4 is 20.7 Å². The molecule has 1 aliphatic carbocycles. The molecule has 0 bridgehead atoms. The molecule has 3 N–H and O–H groups in total. The van der Waals surface area contributed by atoms with E-state index >= 15 is 0 Å². The van der Waals surface area contributed by atoms with E-state index in [0.717, 1.165) is 18.4 Å². The highest BCUT2D eigenvalue weighted by Gasteiger charge is 2.23. The standard InChI is InChI=1S/C22H25N3O4/c1-15(26)24-19-4-2-3-17(13-19)22(28)23-12-11-16-5-9-20(10-6-16)29-14-21(27)25-18-7-8-18/h2-6,9-10,13,18H,7-8,11-12,14H2,1H3,(H,23,28)(H,24,26)(H,25,27). The van der Waals surface area contributed by atoms with Crippen molar-refractivity contribution in [3.8, 4) is 5.75 Å². The summed E-state index contributed by atoms with van der Waals surface area (Å²) in [7, 11) is 0. The van der Waals surface area contributed by atoms with Gasteiger partial charge < -0.3 is 20.7 Å². The van der Waals surface area contributed by atoms with Crippen LogP contribution in [0.1, 0.15) is 35.7 Å². The van der Waals surface area contributed by atoms with Crippen LogP contribution in [-0.4, -0.2) is 36.9 Å². The van der Waals surface area contributed by atoms with Gasteiger partial charge in [-0.05, 0) is 55.2 Å². The van der Waals surface area contributed by atoms with Crippen molar-refractivity contribution in [1.29, 1.82) is 0 Å². The molecule has 29 heavy (non-hydrogen) atoms. The van der Waals surface area contributed by atoms with Gasteiger partial charge in [0.05, 0.1) is 0 Å². The summed E-state index contributed by atoms with van der Waals surface area (Å²) < 4.78 is 5.48. The van der Waals surface area contributed by atoms with Crippen molar-refractivity contribution in [2.75, 3.05) is 18.5 Å². The minimum atomic E-state index is -0.196. The highest BCUT2D eigenvalue weighted by molar-refractivity contribution is 5.96. The molecule has 0 heterocycles. The molecule has 0 radical (unpaired) electrons. The molecule has 1 aliphatic rings. The molecule has 0 spiro atoms. The Bertz CT molecular complexity index is 876. The molecule has 1 saturated carbocycles. The van der Waals surface area contributed by atoms with Gasteiger partial charge >= 0.3 is 0 Å². The lowest BCUT2D eigenvalue weighted by molar-refractivity contribution is -0.123. The summed E-state index contributed by atoms with van der Waals surface area (Å²) in [5, 5.41) is 8.41. The van der Waals surface area contributed by atoms with Gasteiger partial charge in [-0.25, -0.2) is 0 Å². The number of carbonyl (C=O) groups is 3. The average molecular weight is 395 g/mol. The zero-order valence-electron chi connectivity index (χ0n) is 16.4. The Labute approximate surface area is 169 Å². The van der Waals surface area contributed by atoms with Crippen LogP contribution in [0.25, 0.3) is 0 Å². The maximum absolute atomic E-state index is 12.3. The van der Waals surface area contributed by atoms with Crippen molar-refractivity contribution in [2.45, 2.75) is 32.2 Å². The van der Waals surface area contributed by atoms with Gasteiger partial charge in [0.15, 0.2) is 6.61 Å². The molecule has 152 valence electrons.